The van der Waals surface area contributed by atoms with E-state index in [1.807, 2.05) is 4.90 Å². The van der Waals surface area contributed by atoms with Crippen molar-refractivity contribution in [1.29, 1.82) is 0 Å². The van der Waals surface area contributed by atoms with Gasteiger partial charge in [-0.05, 0) is 32.1 Å². The molecule has 21 heavy (non-hydrogen) atoms. The normalized spacial score (nSPS) is 23.5. The number of rotatable bonds is 5. The van der Waals surface area contributed by atoms with Gasteiger partial charge in [0.25, 0.3) is 0 Å². The molecule has 1 saturated heterocycles. The first-order chi connectivity index (χ1) is 9.94. The van der Waals surface area contributed by atoms with Crippen LogP contribution in [0.4, 0.5) is 0 Å². The maximum absolute atomic E-state index is 13.0. The third kappa shape index (κ3) is 3.78. The average molecular weight is 294 g/mol. The first-order valence-corrected chi connectivity index (χ1v) is 8.57. The van der Waals surface area contributed by atoms with Gasteiger partial charge in [0.1, 0.15) is 5.54 Å². The summed E-state index contributed by atoms with van der Waals surface area (Å²) in [6.07, 6.45) is 7.55. The van der Waals surface area contributed by atoms with E-state index < -0.39 is 5.54 Å². The van der Waals surface area contributed by atoms with E-state index in [4.69, 9.17) is 0 Å². The van der Waals surface area contributed by atoms with Gasteiger partial charge in [-0.25, -0.2) is 0 Å². The highest BCUT2D eigenvalue weighted by molar-refractivity contribution is 5.94. The molecule has 1 spiro atoms. The number of nitrogens with one attached hydrogen (secondary N) is 1. The number of hydrogen-bond donors (Lipinski definition) is 1. The van der Waals surface area contributed by atoms with Crippen molar-refractivity contribution in [1.82, 2.24) is 10.2 Å². The lowest BCUT2D eigenvalue weighted by atomic mass is 9.94. The number of carbonyl (C=O) groups is 2. The second-order valence-corrected chi connectivity index (χ2v) is 7.26. The Bertz CT molecular complexity index is 386. The zero-order valence-corrected chi connectivity index (χ0v) is 13.8. The van der Waals surface area contributed by atoms with Crippen molar-refractivity contribution in [2.75, 3.05) is 6.54 Å². The lowest BCUT2D eigenvalue weighted by Crippen LogP contribution is -2.56. The van der Waals surface area contributed by atoms with Gasteiger partial charge in [0, 0.05) is 19.0 Å². The predicted molar refractivity (Wildman–Crippen MR) is 83.8 cm³/mol. The van der Waals surface area contributed by atoms with Crippen LogP contribution >= 0.6 is 0 Å². The third-order valence-electron chi connectivity index (χ3n) is 5.02. The van der Waals surface area contributed by atoms with Crippen LogP contribution in [0.25, 0.3) is 0 Å². The highest BCUT2D eigenvalue weighted by atomic mass is 16.2. The first kappa shape index (κ1) is 16.3. The van der Waals surface area contributed by atoms with Crippen molar-refractivity contribution in [3.8, 4) is 0 Å². The van der Waals surface area contributed by atoms with E-state index in [0.717, 1.165) is 38.5 Å². The maximum Gasteiger partial charge on any atom is 0.248 e. The van der Waals surface area contributed by atoms with Gasteiger partial charge in [0.2, 0.25) is 11.8 Å². The zero-order valence-electron chi connectivity index (χ0n) is 13.8. The van der Waals surface area contributed by atoms with Gasteiger partial charge in [-0.15, -0.1) is 0 Å². The summed E-state index contributed by atoms with van der Waals surface area (Å²) in [7, 11) is 0. The van der Waals surface area contributed by atoms with Gasteiger partial charge >= 0.3 is 0 Å². The summed E-state index contributed by atoms with van der Waals surface area (Å²) in [6.45, 7) is 7.18. The molecule has 1 unspecified atom stereocenters. The van der Waals surface area contributed by atoms with Crippen LogP contribution in [0.2, 0.25) is 0 Å². The Balaban J connectivity index is 2.03. The van der Waals surface area contributed by atoms with E-state index >= 15 is 0 Å². The van der Waals surface area contributed by atoms with Gasteiger partial charge in [0.05, 0.1) is 0 Å². The van der Waals surface area contributed by atoms with Crippen LogP contribution in [0.3, 0.4) is 0 Å². The fraction of sp³-hybridized carbons (Fsp3) is 0.882. The van der Waals surface area contributed by atoms with Crippen LogP contribution in [0.5, 0.6) is 0 Å². The highest BCUT2D eigenvalue weighted by Crippen LogP contribution is 2.34. The maximum atomic E-state index is 13.0. The SMILES string of the molecule is CC(C)CCCC(C)N1CCC(=O)NC2(CCCC2)C1=O. The monoisotopic (exact) mass is 294 g/mol. The summed E-state index contributed by atoms with van der Waals surface area (Å²) in [5, 5.41) is 3.03. The summed E-state index contributed by atoms with van der Waals surface area (Å²) in [5.41, 5.74) is -0.583. The van der Waals surface area contributed by atoms with Crippen LogP contribution in [0, 0.1) is 5.92 Å². The van der Waals surface area contributed by atoms with E-state index in [1.54, 1.807) is 0 Å². The summed E-state index contributed by atoms with van der Waals surface area (Å²) >= 11 is 0. The quantitative estimate of drug-likeness (QED) is 0.847. The molecular weight excluding hydrogens is 264 g/mol. The molecule has 2 aliphatic rings. The summed E-state index contributed by atoms with van der Waals surface area (Å²) in [4.78, 5) is 26.9. The molecular formula is C17H30N2O2. The molecule has 1 saturated carbocycles. The Morgan fingerprint density at radius 3 is 2.43 bits per heavy atom. The molecule has 120 valence electrons. The third-order valence-corrected chi connectivity index (χ3v) is 5.02. The van der Waals surface area contributed by atoms with Crippen molar-refractivity contribution in [2.24, 2.45) is 5.92 Å². The molecule has 2 fully saturated rings. The zero-order chi connectivity index (χ0) is 15.5. The van der Waals surface area contributed by atoms with Gasteiger partial charge in [0.15, 0.2) is 0 Å². The van der Waals surface area contributed by atoms with Gasteiger partial charge in [-0.1, -0.05) is 39.5 Å². The molecule has 0 radical (unpaired) electrons. The van der Waals surface area contributed by atoms with Crippen molar-refractivity contribution in [3.05, 3.63) is 0 Å². The Morgan fingerprint density at radius 2 is 1.81 bits per heavy atom. The molecule has 1 N–H and O–H groups in total. The molecule has 0 aromatic heterocycles. The molecule has 1 aliphatic carbocycles. The fourth-order valence-corrected chi connectivity index (χ4v) is 3.70. The van der Waals surface area contributed by atoms with Crippen molar-refractivity contribution in [2.45, 2.75) is 83.7 Å². The Kier molecular flexibility index (Phi) is 5.28. The number of carbonyl (C=O) groups excluding carboxylic acids is 2. The molecule has 4 heteroatoms. The second kappa shape index (κ2) is 6.80. The predicted octanol–water partition coefficient (Wildman–Crippen LogP) is 2.86. The van der Waals surface area contributed by atoms with E-state index in [2.05, 4.69) is 26.1 Å². The lowest BCUT2D eigenvalue weighted by molar-refractivity contribution is -0.140. The Hall–Kier alpha value is -1.06. The van der Waals surface area contributed by atoms with Crippen LogP contribution in [-0.2, 0) is 9.59 Å². The molecule has 1 aliphatic heterocycles. The molecule has 0 aromatic rings. The van der Waals surface area contributed by atoms with E-state index in [9.17, 15) is 9.59 Å². The van der Waals surface area contributed by atoms with Crippen LogP contribution in [0.15, 0.2) is 0 Å². The Morgan fingerprint density at radius 1 is 1.14 bits per heavy atom. The Labute approximate surface area is 128 Å². The number of nitrogens with zero attached hydrogens (tertiary/aromatic N) is 1. The molecule has 2 rings (SSSR count). The minimum absolute atomic E-state index is 0.0436. The molecule has 2 amide bonds. The lowest BCUT2D eigenvalue weighted by Gasteiger charge is -2.35. The molecule has 1 atom stereocenters. The molecule has 0 bridgehead atoms. The minimum Gasteiger partial charge on any atom is -0.342 e. The van der Waals surface area contributed by atoms with Crippen LogP contribution in [-0.4, -0.2) is 34.8 Å². The molecule has 4 nitrogen and oxygen atoms in total. The van der Waals surface area contributed by atoms with Crippen molar-refractivity contribution < 1.29 is 9.59 Å². The van der Waals surface area contributed by atoms with Crippen LogP contribution in [0.1, 0.15) is 72.1 Å². The number of amides is 2. The smallest absolute Gasteiger partial charge is 0.248 e. The summed E-state index contributed by atoms with van der Waals surface area (Å²) in [5.74, 6) is 0.923. The van der Waals surface area contributed by atoms with E-state index in [0.29, 0.717) is 18.9 Å². The van der Waals surface area contributed by atoms with Crippen LogP contribution < -0.4 is 5.32 Å². The minimum atomic E-state index is -0.583. The fourth-order valence-electron chi connectivity index (χ4n) is 3.70. The summed E-state index contributed by atoms with van der Waals surface area (Å²) < 4.78 is 0. The number of hydrogen-bond acceptors (Lipinski definition) is 2. The van der Waals surface area contributed by atoms with E-state index in [-0.39, 0.29) is 17.9 Å². The molecule has 0 aromatic carbocycles. The highest BCUT2D eigenvalue weighted by Gasteiger charge is 2.47. The standard InChI is InChI=1S/C17H30N2O2/c1-13(2)7-6-8-14(3)19-12-9-15(20)18-17(16(19)21)10-4-5-11-17/h13-14H,4-12H2,1-3H3,(H,18,20). The molecule has 1 heterocycles. The largest absolute Gasteiger partial charge is 0.342 e. The second-order valence-electron chi connectivity index (χ2n) is 7.26. The first-order valence-electron chi connectivity index (χ1n) is 8.57. The van der Waals surface area contributed by atoms with Gasteiger partial charge in [-0.3, -0.25) is 9.59 Å². The topological polar surface area (TPSA) is 49.4 Å². The van der Waals surface area contributed by atoms with Gasteiger partial charge < -0.3 is 10.2 Å². The van der Waals surface area contributed by atoms with Crippen molar-refractivity contribution >= 4 is 11.8 Å². The van der Waals surface area contributed by atoms with Crippen molar-refractivity contribution in [3.63, 3.8) is 0 Å². The van der Waals surface area contributed by atoms with E-state index in [1.165, 1.54) is 6.42 Å². The average Bonchev–Trinajstić information content (AvgIpc) is 2.83. The van der Waals surface area contributed by atoms with Gasteiger partial charge in [-0.2, -0.15) is 0 Å². The summed E-state index contributed by atoms with van der Waals surface area (Å²) in [6, 6.07) is 0.237.